The maximum Gasteiger partial charge on any atom is 0.152 e. The summed E-state index contributed by atoms with van der Waals surface area (Å²) in [5, 5.41) is 6.49. The molecule has 1 unspecified atom stereocenters. The molecule has 2 rings (SSSR count). The molecular weight excluding hydrogens is 302 g/mol. The number of nitrogens with zero attached hydrogens (tertiary/aromatic N) is 3. The molecule has 1 fully saturated rings. The van der Waals surface area contributed by atoms with Crippen LogP contribution in [-0.4, -0.2) is 68.0 Å². The van der Waals surface area contributed by atoms with Gasteiger partial charge in [0.25, 0.3) is 0 Å². The largest absolute Gasteiger partial charge is 0.370 e. The van der Waals surface area contributed by atoms with Gasteiger partial charge in [0.2, 0.25) is 0 Å². The Hall–Kier alpha value is -1.41. The van der Waals surface area contributed by atoms with Crippen LogP contribution in [0.25, 0.3) is 0 Å². The average molecular weight is 327 g/mol. The van der Waals surface area contributed by atoms with E-state index in [9.17, 15) is 8.42 Å². The van der Waals surface area contributed by atoms with Crippen LogP contribution >= 0.6 is 0 Å². The zero-order valence-electron chi connectivity index (χ0n) is 13.5. The lowest BCUT2D eigenvalue weighted by Gasteiger charge is -2.14. The predicted molar refractivity (Wildman–Crippen MR) is 89.1 cm³/mol. The lowest BCUT2D eigenvalue weighted by Crippen LogP contribution is -2.22. The normalized spacial score (nSPS) is 20.3. The molecule has 1 saturated heterocycles. The Bertz CT molecular complexity index is 603. The van der Waals surface area contributed by atoms with E-state index in [1.807, 2.05) is 27.1 Å². The third-order valence-electron chi connectivity index (χ3n) is 3.51. The Morgan fingerprint density at radius 2 is 2.05 bits per heavy atom. The summed E-state index contributed by atoms with van der Waals surface area (Å²) in [7, 11) is 1.21. The van der Waals surface area contributed by atoms with Gasteiger partial charge in [-0.05, 0) is 40.4 Å². The number of rotatable bonds is 7. The van der Waals surface area contributed by atoms with Crippen molar-refractivity contribution in [2.24, 2.45) is 0 Å². The molecule has 2 heterocycles. The molecule has 124 valence electrons. The summed E-state index contributed by atoms with van der Waals surface area (Å²) < 4.78 is 23.0. The van der Waals surface area contributed by atoms with Crippen molar-refractivity contribution >= 4 is 21.5 Å². The highest BCUT2D eigenvalue weighted by molar-refractivity contribution is 7.91. The molecule has 1 aromatic heterocycles. The standard InChI is InChI=1S/C14H25N5O2S/c1-11-16-13(15-6-4-7-19(2)3)9-14(17-11)18-12-5-8-22(20,21)10-12/h9,12H,4-8,10H2,1-3H3,(H2,15,16,17,18). The first-order valence-corrected chi connectivity index (χ1v) is 9.37. The quantitative estimate of drug-likeness (QED) is 0.715. The second-order valence-electron chi connectivity index (χ2n) is 6.01. The molecule has 1 aromatic rings. The van der Waals surface area contributed by atoms with Crippen LogP contribution in [0.5, 0.6) is 0 Å². The van der Waals surface area contributed by atoms with Gasteiger partial charge in [-0.2, -0.15) is 0 Å². The first-order valence-electron chi connectivity index (χ1n) is 7.55. The fourth-order valence-electron chi connectivity index (χ4n) is 2.46. The van der Waals surface area contributed by atoms with Gasteiger partial charge in [-0.3, -0.25) is 0 Å². The van der Waals surface area contributed by atoms with Gasteiger partial charge in [0.15, 0.2) is 9.84 Å². The summed E-state index contributed by atoms with van der Waals surface area (Å²) in [6, 6.07) is 1.79. The van der Waals surface area contributed by atoms with E-state index in [1.165, 1.54) is 0 Å². The zero-order chi connectivity index (χ0) is 16.2. The maximum absolute atomic E-state index is 11.5. The third kappa shape index (κ3) is 5.42. The van der Waals surface area contributed by atoms with Crippen LogP contribution in [0.4, 0.5) is 11.6 Å². The highest BCUT2D eigenvalue weighted by Gasteiger charge is 2.28. The molecule has 7 nitrogen and oxygen atoms in total. The van der Waals surface area contributed by atoms with E-state index in [1.54, 1.807) is 0 Å². The Labute approximate surface area is 132 Å². The second kappa shape index (κ2) is 7.23. The van der Waals surface area contributed by atoms with Crippen molar-refractivity contribution in [3.05, 3.63) is 11.9 Å². The van der Waals surface area contributed by atoms with Crippen LogP contribution in [0.3, 0.4) is 0 Å². The molecule has 2 N–H and O–H groups in total. The summed E-state index contributed by atoms with van der Waals surface area (Å²) in [6.07, 6.45) is 1.66. The minimum Gasteiger partial charge on any atom is -0.370 e. The smallest absolute Gasteiger partial charge is 0.152 e. The van der Waals surface area contributed by atoms with Crippen LogP contribution in [0.2, 0.25) is 0 Å². The molecule has 0 spiro atoms. The second-order valence-corrected chi connectivity index (χ2v) is 8.24. The van der Waals surface area contributed by atoms with Gasteiger partial charge < -0.3 is 15.5 Å². The molecule has 0 bridgehead atoms. The topological polar surface area (TPSA) is 87.2 Å². The first-order chi connectivity index (χ1) is 10.3. The van der Waals surface area contributed by atoms with Crippen LogP contribution < -0.4 is 10.6 Å². The number of hydrogen-bond acceptors (Lipinski definition) is 7. The van der Waals surface area contributed by atoms with E-state index in [-0.39, 0.29) is 17.5 Å². The van der Waals surface area contributed by atoms with E-state index >= 15 is 0 Å². The number of nitrogens with one attached hydrogen (secondary N) is 2. The molecule has 0 aromatic carbocycles. The summed E-state index contributed by atoms with van der Waals surface area (Å²) in [6.45, 7) is 3.69. The minimum atomic E-state index is -2.89. The highest BCUT2D eigenvalue weighted by Crippen LogP contribution is 2.18. The lowest BCUT2D eigenvalue weighted by molar-refractivity contribution is 0.405. The fourth-order valence-corrected chi connectivity index (χ4v) is 4.14. The zero-order valence-corrected chi connectivity index (χ0v) is 14.3. The van der Waals surface area contributed by atoms with Crippen LogP contribution in [-0.2, 0) is 9.84 Å². The van der Waals surface area contributed by atoms with Crippen molar-refractivity contribution in [3.8, 4) is 0 Å². The average Bonchev–Trinajstić information content (AvgIpc) is 2.73. The molecule has 0 aliphatic carbocycles. The van der Waals surface area contributed by atoms with Crippen molar-refractivity contribution in [1.82, 2.24) is 14.9 Å². The number of aromatic nitrogens is 2. The van der Waals surface area contributed by atoms with Gasteiger partial charge in [0.1, 0.15) is 17.5 Å². The summed E-state index contributed by atoms with van der Waals surface area (Å²) in [5.74, 6) is 2.56. The minimum absolute atomic E-state index is 0.0547. The van der Waals surface area contributed by atoms with E-state index < -0.39 is 9.84 Å². The SMILES string of the molecule is Cc1nc(NCCCN(C)C)cc(NC2CCS(=O)(=O)C2)n1. The van der Waals surface area contributed by atoms with E-state index in [2.05, 4.69) is 25.5 Å². The summed E-state index contributed by atoms with van der Waals surface area (Å²) in [4.78, 5) is 10.8. The number of aryl methyl sites for hydroxylation is 1. The molecule has 0 saturated carbocycles. The Morgan fingerprint density at radius 3 is 2.68 bits per heavy atom. The van der Waals surface area contributed by atoms with Gasteiger partial charge in [-0.25, -0.2) is 18.4 Å². The third-order valence-corrected chi connectivity index (χ3v) is 5.28. The molecule has 0 amide bonds. The maximum atomic E-state index is 11.5. The molecule has 1 atom stereocenters. The van der Waals surface area contributed by atoms with E-state index in [4.69, 9.17) is 0 Å². The van der Waals surface area contributed by atoms with Gasteiger partial charge in [-0.1, -0.05) is 0 Å². The van der Waals surface area contributed by atoms with Gasteiger partial charge in [0, 0.05) is 18.7 Å². The number of anilines is 2. The van der Waals surface area contributed by atoms with E-state index in [0.29, 0.717) is 18.1 Å². The summed E-state index contributed by atoms with van der Waals surface area (Å²) >= 11 is 0. The molecule has 8 heteroatoms. The fraction of sp³-hybridized carbons (Fsp3) is 0.714. The Kier molecular flexibility index (Phi) is 5.57. The van der Waals surface area contributed by atoms with E-state index in [0.717, 1.165) is 25.3 Å². The van der Waals surface area contributed by atoms with Crippen LogP contribution in [0, 0.1) is 6.92 Å². The number of hydrogen-bond donors (Lipinski definition) is 2. The van der Waals surface area contributed by atoms with Crippen molar-refractivity contribution < 1.29 is 8.42 Å². The predicted octanol–water partition coefficient (Wildman–Crippen LogP) is 0.748. The van der Waals surface area contributed by atoms with Crippen molar-refractivity contribution in [1.29, 1.82) is 0 Å². The monoisotopic (exact) mass is 327 g/mol. The van der Waals surface area contributed by atoms with Crippen LogP contribution in [0.1, 0.15) is 18.7 Å². The van der Waals surface area contributed by atoms with Crippen LogP contribution in [0.15, 0.2) is 6.07 Å². The van der Waals surface area contributed by atoms with Gasteiger partial charge >= 0.3 is 0 Å². The lowest BCUT2D eigenvalue weighted by atomic mass is 10.2. The number of sulfone groups is 1. The van der Waals surface area contributed by atoms with Gasteiger partial charge in [0.05, 0.1) is 11.5 Å². The Balaban J connectivity index is 1.92. The summed E-state index contributed by atoms with van der Waals surface area (Å²) in [5.41, 5.74) is 0. The molecule has 0 radical (unpaired) electrons. The van der Waals surface area contributed by atoms with Crippen molar-refractivity contribution in [2.75, 3.05) is 49.3 Å². The first kappa shape index (κ1) is 17.0. The molecule has 22 heavy (non-hydrogen) atoms. The highest BCUT2D eigenvalue weighted by atomic mass is 32.2. The Morgan fingerprint density at radius 1 is 1.32 bits per heavy atom. The molecule has 1 aliphatic rings. The molecule has 1 aliphatic heterocycles. The van der Waals surface area contributed by atoms with Gasteiger partial charge in [-0.15, -0.1) is 0 Å². The molecular formula is C14H25N5O2S. The van der Waals surface area contributed by atoms with Crippen molar-refractivity contribution in [3.63, 3.8) is 0 Å². The van der Waals surface area contributed by atoms with Crippen molar-refractivity contribution in [2.45, 2.75) is 25.8 Å².